The molecule has 0 radical (unpaired) electrons. The molecule has 1 heterocycles. The van der Waals surface area contributed by atoms with E-state index < -0.39 is 5.97 Å². The highest BCUT2D eigenvalue weighted by molar-refractivity contribution is 6.33. The van der Waals surface area contributed by atoms with Crippen LogP contribution in [0.3, 0.4) is 0 Å². The minimum atomic E-state index is -0.424. The van der Waals surface area contributed by atoms with Gasteiger partial charge in [-0.05, 0) is 54.6 Å². The minimum absolute atomic E-state index is 0.406. The Morgan fingerprint density at radius 3 is 2.56 bits per heavy atom. The average Bonchev–Trinajstić information content (AvgIpc) is 3.15. The monoisotopic (exact) mass is 381 g/mol. The van der Waals surface area contributed by atoms with Gasteiger partial charge in [-0.3, -0.25) is 4.99 Å². The molecule has 0 bridgehead atoms. The lowest BCUT2D eigenvalue weighted by atomic mass is 10.2. The highest BCUT2D eigenvalue weighted by atomic mass is 35.5. The fourth-order valence-electron chi connectivity index (χ4n) is 2.64. The number of benzene rings is 2. The quantitative estimate of drug-likeness (QED) is 0.474. The van der Waals surface area contributed by atoms with Gasteiger partial charge >= 0.3 is 5.97 Å². The van der Waals surface area contributed by atoms with Crippen LogP contribution in [0.25, 0.3) is 5.69 Å². The van der Waals surface area contributed by atoms with Gasteiger partial charge in [-0.1, -0.05) is 11.6 Å². The maximum Gasteiger partial charge on any atom is 0.337 e. The number of carbonyl (C=O) groups is 1. The molecule has 6 heteroatoms. The third-order valence-corrected chi connectivity index (χ3v) is 4.45. The van der Waals surface area contributed by atoms with Crippen molar-refractivity contribution < 1.29 is 9.53 Å². The van der Waals surface area contributed by atoms with E-state index in [4.69, 9.17) is 16.3 Å². The predicted molar refractivity (Wildman–Crippen MR) is 110 cm³/mol. The minimum Gasteiger partial charge on any atom is -0.465 e. The van der Waals surface area contributed by atoms with Gasteiger partial charge in [0.25, 0.3) is 0 Å². The largest absolute Gasteiger partial charge is 0.465 e. The molecule has 138 valence electrons. The van der Waals surface area contributed by atoms with E-state index in [2.05, 4.69) is 34.2 Å². The third kappa shape index (κ3) is 4.20. The molecule has 27 heavy (non-hydrogen) atoms. The Hall–Kier alpha value is -3.05. The van der Waals surface area contributed by atoms with Gasteiger partial charge in [-0.2, -0.15) is 0 Å². The third-order valence-electron chi connectivity index (χ3n) is 4.13. The van der Waals surface area contributed by atoms with E-state index in [1.54, 1.807) is 24.4 Å². The van der Waals surface area contributed by atoms with Crippen LogP contribution < -0.4 is 4.90 Å². The molecule has 3 aromatic rings. The summed E-state index contributed by atoms with van der Waals surface area (Å²) in [5, 5.41) is 0.465. The van der Waals surface area contributed by atoms with Crippen LogP contribution in [0, 0.1) is 0 Å². The van der Waals surface area contributed by atoms with Gasteiger partial charge in [0.1, 0.15) is 0 Å². The van der Waals surface area contributed by atoms with E-state index in [1.807, 2.05) is 37.0 Å². The van der Waals surface area contributed by atoms with Crippen LogP contribution in [0.2, 0.25) is 5.02 Å². The van der Waals surface area contributed by atoms with Crippen molar-refractivity contribution in [3.05, 3.63) is 77.1 Å². The maximum atomic E-state index is 11.7. The number of methoxy groups -OCH3 is 1. The Morgan fingerprint density at radius 2 is 1.89 bits per heavy atom. The van der Waals surface area contributed by atoms with Crippen LogP contribution in [-0.4, -0.2) is 38.0 Å². The van der Waals surface area contributed by atoms with E-state index in [1.165, 1.54) is 7.11 Å². The summed E-state index contributed by atoms with van der Waals surface area (Å²) in [4.78, 5) is 18.2. The Balaban J connectivity index is 1.89. The number of esters is 1. The topological polar surface area (TPSA) is 46.8 Å². The van der Waals surface area contributed by atoms with E-state index in [0.717, 1.165) is 17.1 Å². The molecular weight excluding hydrogens is 362 g/mol. The number of halogens is 1. The molecule has 0 unspecified atom stereocenters. The van der Waals surface area contributed by atoms with E-state index in [9.17, 15) is 4.79 Å². The number of carbonyl (C=O) groups excluding carboxylic acids is 1. The van der Waals surface area contributed by atoms with Crippen LogP contribution >= 0.6 is 11.6 Å². The summed E-state index contributed by atoms with van der Waals surface area (Å²) in [7, 11) is 5.36. The molecule has 0 aliphatic heterocycles. The van der Waals surface area contributed by atoms with E-state index in [0.29, 0.717) is 16.3 Å². The average molecular weight is 382 g/mol. The van der Waals surface area contributed by atoms with Gasteiger partial charge in [0, 0.05) is 31.7 Å². The first kappa shape index (κ1) is 18.7. The normalized spacial score (nSPS) is 11.0. The van der Waals surface area contributed by atoms with Crippen LogP contribution in [0.15, 0.2) is 65.8 Å². The van der Waals surface area contributed by atoms with Crippen molar-refractivity contribution in [1.29, 1.82) is 0 Å². The summed E-state index contributed by atoms with van der Waals surface area (Å²) >= 11 is 6.21. The second-order valence-corrected chi connectivity index (χ2v) is 6.54. The van der Waals surface area contributed by atoms with Gasteiger partial charge in [-0.15, -0.1) is 0 Å². The predicted octanol–water partition coefficient (Wildman–Crippen LogP) is 4.73. The van der Waals surface area contributed by atoms with Crippen molar-refractivity contribution in [1.82, 2.24) is 4.57 Å². The van der Waals surface area contributed by atoms with Crippen molar-refractivity contribution >= 4 is 35.2 Å². The molecule has 0 aliphatic rings. The summed E-state index contributed by atoms with van der Waals surface area (Å²) in [5.41, 5.74) is 3.97. The number of aliphatic imine (C=N–C) groups is 1. The molecule has 0 aliphatic carbocycles. The number of ether oxygens (including phenoxy) is 1. The van der Waals surface area contributed by atoms with E-state index in [-0.39, 0.29) is 0 Å². The molecule has 0 amide bonds. The van der Waals surface area contributed by atoms with Crippen LogP contribution in [0.4, 0.5) is 11.4 Å². The summed E-state index contributed by atoms with van der Waals surface area (Å²) < 4.78 is 6.77. The number of aromatic nitrogens is 1. The number of anilines is 1. The number of hydrogen-bond acceptors (Lipinski definition) is 4. The lowest BCUT2D eigenvalue weighted by Gasteiger charge is -2.13. The lowest BCUT2D eigenvalue weighted by Crippen LogP contribution is -2.08. The first-order chi connectivity index (χ1) is 13.0. The summed E-state index contributed by atoms with van der Waals surface area (Å²) in [6.45, 7) is 0. The molecule has 3 rings (SSSR count). The Morgan fingerprint density at radius 1 is 1.15 bits per heavy atom. The fraction of sp³-hybridized carbons (Fsp3) is 0.143. The van der Waals surface area contributed by atoms with E-state index >= 15 is 0 Å². The molecule has 2 aromatic carbocycles. The van der Waals surface area contributed by atoms with Crippen LogP contribution in [-0.2, 0) is 4.74 Å². The van der Waals surface area contributed by atoms with Crippen molar-refractivity contribution in [2.24, 2.45) is 4.99 Å². The van der Waals surface area contributed by atoms with Gasteiger partial charge in [0.05, 0.1) is 35.3 Å². The Labute approximate surface area is 163 Å². The van der Waals surface area contributed by atoms with Gasteiger partial charge in [0.2, 0.25) is 0 Å². The Kier molecular flexibility index (Phi) is 5.62. The van der Waals surface area contributed by atoms with Crippen molar-refractivity contribution in [3.8, 4) is 5.69 Å². The Bertz CT molecular complexity index is 975. The number of nitrogens with zero attached hydrogens (tertiary/aromatic N) is 3. The zero-order valence-electron chi connectivity index (χ0n) is 15.4. The van der Waals surface area contributed by atoms with Gasteiger partial charge in [-0.25, -0.2) is 4.79 Å². The van der Waals surface area contributed by atoms with Crippen molar-refractivity contribution in [3.63, 3.8) is 0 Å². The molecule has 0 saturated heterocycles. The SMILES string of the molecule is COC(=O)c1ccc(Cl)c(N=Cc2cccn2-c2ccc(N(C)C)cc2)c1. The molecule has 5 nitrogen and oxygen atoms in total. The molecule has 0 spiro atoms. The fourth-order valence-corrected chi connectivity index (χ4v) is 2.80. The summed E-state index contributed by atoms with van der Waals surface area (Å²) in [6, 6.07) is 17.0. The molecule has 0 N–H and O–H groups in total. The first-order valence-corrected chi connectivity index (χ1v) is 8.74. The second-order valence-electron chi connectivity index (χ2n) is 6.13. The van der Waals surface area contributed by atoms with Crippen LogP contribution in [0.5, 0.6) is 0 Å². The maximum absolute atomic E-state index is 11.7. The molecule has 0 atom stereocenters. The van der Waals surface area contributed by atoms with Crippen molar-refractivity contribution in [2.45, 2.75) is 0 Å². The zero-order valence-corrected chi connectivity index (χ0v) is 16.1. The second kappa shape index (κ2) is 8.10. The molecule has 0 saturated carbocycles. The lowest BCUT2D eigenvalue weighted by molar-refractivity contribution is 0.0601. The van der Waals surface area contributed by atoms with Gasteiger partial charge in [0.15, 0.2) is 0 Å². The molecule has 1 aromatic heterocycles. The van der Waals surface area contributed by atoms with Crippen LogP contribution in [0.1, 0.15) is 16.1 Å². The zero-order chi connectivity index (χ0) is 19.4. The van der Waals surface area contributed by atoms with Crippen molar-refractivity contribution in [2.75, 3.05) is 26.1 Å². The molecular formula is C21H20ClN3O2. The van der Waals surface area contributed by atoms with Gasteiger partial charge < -0.3 is 14.2 Å². The highest BCUT2D eigenvalue weighted by Gasteiger charge is 2.09. The number of hydrogen-bond donors (Lipinski definition) is 0. The summed E-state index contributed by atoms with van der Waals surface area (Å²) in [5.74, 6) is -0.424. The smallest absolute Gasteiger partial charge is 0.337 e. The first-order valence-electron chi connectivity index (χ1n) is 8.36. The molecule has 0 fully saturated rings. The number of rotatable bonds is 5. The standard InChI is InChI=1S/C21H20ClN3O2/c1-24(2)16-7-9-17(10-8-16)25-12-4-5-18(25)14-23-20-13-15(21(26)27-3)6-11-19(20)22/h4-14H,1-3H3. The highest BCUT2D eigenvalue weighted by Crippen LogP contribution is 2.26. The summed E-state index contributed by atoms with van der Waals surface area (Å²) in [6.07, 6.45) is 3.70.